The van der Waals surface area contributed by atoms with Crippen LogP contribution in [0, 0.1) is 5.82 Å². The number of thiophene rings is 1. The molecule has 0 saturated heterocycles. The molecule has 0 radical (unpaired) electrons. The Morgan fingerprint density at radius 2 is 1.86 bits per heavy atom. The number of hydrogen-bond donors (Lipinski definition) is 3. The Morgan fingerprint density at radius 1 is 1.20 bits per heavy atom. The smallest absolute Gasteiger partial charge is 1.00 e. The third-order valence-electron chi connectivity index (χ3n) is 4.84. The molecule has 35 heavy (non-hydrogen) atoms. The molecule has 2 aromatic carbocycles. The molecule has 4 rings (SSSR count). The van der Waals surface area contributed by atoms with Gasteiger partial charge in [0.05, 0.1) is 32.3 Å². The van der Waals surface area contributed by atoms with Gasteiger partial charge in [0.2, 0.25) is 0 Å². The zero-order valence-electron chi connectivity index (χ0n) is 19.2. The van der Waals surface area contributed by atoms with E-state index in [4.69, 9.17) is 17.3 Å². The van der Waals surface area contributed by atoms with E-state index in [-0.39, 0.29) is 89.3 Å². The quantitative estimate of drug-likeness (QED) is 0.290. The number of aromatic nitrogens is 2. The van der Waals surface area contributed by atoms with Gasteiger partial charge in [-0.3, -0.25) is 4.79 Å². The minimum atomic E-state index is -4.36. The molecule has 4 aromatic rings. The van der Waals surface area contributed by atoms with Gasteiger partial charge in [0.1, 0.15) is 10.0 Å². The van der Waals surface area contributed by atoms with Crippen LogP contribution in [-0.4, -0.2) is 31.0 Å². The molecule has 178 valence electrons. The Labute approximate surface area is 250 Å². The molecule has 0 spiro atoms. The number of benzene rings is 2. The number of halogens is 2. The van der Waals surface area contributed by atoms with Crippen LogP contribution in [0.2, 0.25) is 4.34 Å². The number of sulfonamides is 1. The third kappa shape index (κ3) is 5.10. The largest absolute Gasteiger partial charge is 1.00 e. The second-order valence-electron chi connectivity index (χ2n) is 6.88. The van der Waals surface area contributed by atoms with Crippen LogP contribution < -0.4 is 78.0 Å². The van der Waals surface area contributed by atoms with Gasteiger partial charge >= 0.3 is 63.1 Å². The van der Waals surface area contributed by atoms with Gasteiger partial charge < -0.3 is 17.5 Å². The molecule has 10 nitrogen and oxygen atoms in total. The van der Waals surface area contributed by atoms with E-state index in [1.165, 1.54) is 49.5 Å². The summed E-state index contributed by atoms with van der Waals surface area (Å²) < 4.78 is 41.1. The maximum atomic E-state index is 14.2. The Morgan fingerprint density at radius 3 is 2.40 bits per heavy atom. The molecule has 0 aliphatic carbocycles. The molecule has 2 amide bonds. The van der Waals surface area contributed by atoms with Gasteiger partial charge in [-0.25, -0.2) is 18.5 Å². The predicted octanol–water partition coefficient (Wildman–Crippen LogP) is -0.0348. The van der Waals surface area contributed by atoms with Gasteiger partial charge in [-0.15, -0.1) is 11.3 Å². The minimum Gasteiger partial charge on any atom is -1.00 e. The summed E-state index contributed by atoms with van der Waals surface area (Å²) in [7, 11) is -2.86. The van der Waals surface area contributed by atoms with E-state index < -0.39 is 33.1 Å². The van der Waals surface area contributed by atoms with E-state index in [0.717, 1.165) is 22.0 Å². The zero-order chi connectivity index (χ0) is 24.8. The standard InChI is InChI=1S/C20H15ClFN5O5S2.K.H/c1-24-15-9-14-12(8-13(15)22)18(28)26(20(30)25-14)10-2-4-11(5-3-10)27(19(23)29)34(31,32)17-7-6-16(21)33-17;;/h2-9,24H,1H3,(H2,23,29)(H,25,30);;/q;+1;-1. The molecule has 15 heteroatoms. The van der Waals surface area contributed by atoms with Crippen molar-refractivity contribution < 1.29 is 70.4 Å². The molecule has 0 saturated carbocycles. The minimum absolute atomic E-state index is 0. The first-order valence-electron chi connectivity index (χ1n) is 9.41. The third-order valence-corrected chi connectivity index (χ3v) is 8.26. The first kappa shape index (κ1) is 27.5. The number of amides is 2. The van der Waals surface area contributed by atoms with Crippen LogP contribution >= 0.6 is 22.9 Å². The molecule has 0 bridgehead atoms. The molecule has 0 atom stereocenters. The molecule has 0 aliphatic rings. The number of primary amides is 1. The number of nitrogens with two attached hydrogens (primary N) is 1. The predicted molar refractivity (Wildman–Crippen MR) is 129 cm³/mol. The van der Waals surface area contributed by atoms with Crippen molar-refractivity contribution in [2.45, 2.75) is 4.21 Å². The second kappa shape index (κ2) is 10.5. The molecule has 0 unspecified atom stereocenters. The van der Waals surface area contributed by atoms with Gasteiger partial charge in [0.15, 0.2) is 0 Å². The first-order valence-corrected chi connectivity index (χ1v) is 12.0. The maximum absolute atomic E-state index is 14.2. The Balaban J connectivity index is 0.00000228. The van der Waals surface area contributed by atoms with Gasteiger partial charge in [0.25, 0.3) is 15.6 Å². The summed E-state index contributed by atoms with van der Waals surface area (Å²) in [5, 5.41) is 2.55. The van der Waals surface area contributed by atoms with E-state index in [1.54, 1.807) is 0 Å². The number of anilines is 2. The van der Waals surface area contributed by atoms with Gasteiger partial charge in [-0.2, -0.15) is 12.7 Å². The first-order chi connectivity index (χ1) is 16.0. The van der Waals surface area contributed by atoms with Crippen molar-refractivity contribution >= 4 is 61.3 Å². The van der Waals surface area contributed by atoms with Crippen LogP contribution in [-0.2, 0) is 10.0 Å². The van der Waals surface area contributed by atoms with Crippen molar-refractivity contribution in [3.05, 3.63) is 79.5 Å². The van der Waals surface area contributed by atoms with Gasteiger partial charge in [-0.05, 0) is 48.5 Å². The van der Waals surface area contributed by atoms with Crippen LogP contribution in [0.15, 0.2) is 62.3 Å². The molecular formula is C20H16ClFKN5O5S2. The number of nitrogens with zero attached hydrogens (tertiary/aromatic N) is 2. The van der Waals surface area contributed by atoms with Crippen molar-refractivity contribution in [3.8, 4) is 5.69 Å². The normalized spacial score (nSPS) is 11.2. The zero-order valence-corrected chi connectivity index (χ0v) is 23.7. The molecule has 0 fully saturated rings. The molecule has 4 N–H and O–H groups in total. The number of rotatable bonds is 5. The summed E-state index contributed by atoms with van der Waals surface area (Å²) in [5.41, 5.74) is 3.89. The van der Waals surface area contributed by atoms with Crippen LogP contribution in [0.3, 0.4) is 0 Å². The second-order valence-corrected chi connectivity index (χ2v) is 10.6. The SMILES string of the molecule is CNc1cc2[nH]c(=O)n(-c3ccc(N(C(N)=O)S(=O)(=O)c4ccc(Cl)s4)cc3)c(=O)c2cc1F.[H-].[K+]. The van der Waals surface area contributed by atoms with Gasteiger partial charge in [0, 0.05) is 7.05 Å². The van der Waals surface area contributed by atoms with E-state index in [0.29, 0.717) is 4.31 Å². The number of aromatic amines is 1. The fraction of sp³-hybridized carbons (Fsp3) is 0.0500. The number of fused-ring (bicyclic) bond motifs is 1. The Hall–Kier alpha value is -2.04. The van der Waals surface area contributed by atoms with Crippen LogP contribution in [0.1, 0.15) is 1.43 Å². The molecule has 2 aromatic heterocycles. The number of hydrogen-bond acceptors (Lipinski definition) is 7. The Kier molecular flexibility index (Phi) is 8.28. The fourth-order valence-corrected chi connectivity index (χ4v) is 6.20. The topological polar surface area (TPSA) is 147 Å². The van der Waals surface area contributed by atoms with Crippen LogP contribution in [0.4, 0.5) is 20.6 Å². The summed E-state index contributed by atoms with van der Waals surface area (Å²) in [6.45, 7) is 0. The average molecular weight is 564 g/mol. The molecule has 2 heterocycles. The number of urea groups is 1. The van der Waals surface area contributed by atoms with Gasteiger partial charge in [-0.1, -0.05) is 11.6 Å². The van der Waals surface area contributed by atoms with Crippen LogP contribution in [0.25, 0.3) is 16.6 Å². The van der Waals surface area contributed by atoms with E-state index in [1.807, 2.05) is 0 Å². The van der Waals surface area contributed by atoms with E-state index in [9.17, 15) is 27.2 Å². The summed E-state index contributed by atoms with van der Waals surface area (Å²) >= 11 is 6.56. The maximum Gasteiger partial charge on any atom is 1.00 e. The van der Waals surface area contributed by atoms with Crippen molar-refractivity contribution in [2.24, 2.45) is 5.73 Å². The molecular weight excluding hydrogens is 548 g/mol. The number of nitrogens with one attached hydrogen (secondary N) is 2. The van der Waals surface area contributed by atoms with E-state index in [2.05, 4.69) is 10.3 Å². The summed E-state index contributed by atoms with van der Waals surface area (Å²) in [5.74, 6) is -0.683. The van der Waals surface area contributed by atoms with E-state index >= 15 is 0 Å². The molecule has 0 aliphatic heterocycles. The van der Waals surface area contributed by atoms with Crippen molar-refractivity contribution in [1.82, 2.24) is 9.55 Å². The van der Waals surface area contributed by atoms with Crippen molar-refractivity contribution in [3.63, 3.8) is 0 Å². The summed E-state index contributed by atoms with van der Waals surface area (Å²) in [6.07, 6.45) is 0. The fourth-order valence-electron chi connectivity index (χ4n) is 3.31. The summed E-state index contributed by atoms with van der Waals surface area (Å²) in [6, 6.07) is 8.54. The summed E-state index contributed by atoms with van der Waals surface area (Å²) in [4.78, 5) is 40.1. The Bertz CT molecular complexity index is 1670. The average Bonchev–Trinajstić information content (AvgIpc) is 3.22. The van der Waals surface area contributed by atoms with Crippen LogP contribution in [0.5, 0.6) is 0 Å². The number of H-pyrrole nitrogens is 1. The number of carbonyl (C=O) groups is 1. The van der Waals surface area contributed by atoms with Crippen molar-refractivity contribution in [2.75, 3.05) is 16.7 Å². The number of carbonyl (C=O) groups excluding carboxylic acids is 1. The monoisotopic (exact) mass is 563 g/mol. The van der Waals surface area contributed by atoms with Crippen molar-refractivity contribution in [1.29, 1.82) is 0 Å².